The van der Waals surface area contributed by atoms with Gasteiger partial charge in [-0.3, -0.25) is 11.3 Å². The number of hydrazine groups is 1. The zero-order chi connectivity index (χ0) is 8.81. The molecule has 1 unspecified atom stereocenters. The molecule has 3 N–H and O–H groups in total. The number of nitrogens with two attached hydrogens (primary N) is 1. The van der Waals surface area contributed by atoms with Crippen molar-refractivity contribution in [2.75, 3.05) is 12.0 Å². The van der Waals surface area contributed by atoms with Gasteiger partial charge >= 0.3 is 0 Å². The quantitative estimate of drug-likeness (QED) is 0.561. The van der Waals surface area contributed by atoms with Crippen LogP contribution >= 0.6 is 23.1 Å². The van der Waals surface area contributed by atoms with Gasteiger partial charge in [0.1, 0.15) is 0 Å². The molecule has 0 aliphatic heterocycles. The van der Waals surface area contributed by atoms with Crippen LogP contribution in [0.4, 0.5) is 0 Å². The lowest BCUT2D eigenvalue weighted by Gasteiger charge is -2.12. The maximum absolute atomic E-state index is 5.42. The summed E-state index contributed by atoms with van der Waals surface area (Å²) >= 11 is 3.55. The molecule has 0 saturated heterocycles. The van der Waals surface area contributed by atoms with Gasteiger partial charge < -0.3 is 0 Å². The second-order valence-electron chi connectivity index (χ2n) is 2.65. The zero-order valence-electron chi connectivity index (χ0n) is 7.12. The SMILES string of the molecule is CSCC(Cc1ccsc1)NN. The smallest absolute Gasteiger partial charge is 0.0341 e. The van der Waals surface area contributed by atoms with Crippen LogP contribution in [-0.4, -0.2) is 18.1 Å². The number of nitrogens with one attached hydrogen (secondary N) is 1. The summed E-state index contributed by atoms with van der Waals surface area (Å²) in [6.07, 6.45) is 3.12. The Labute approximate surface area is 81.5 Å². The van der Waals surface area contributed by atoms with E-state index in [1.165, 1.54) is 5.56 Å². The third kappa shape index (κ3) is 3.15. The Bertz CT molecular complexity index is 199. The summed E-state index contributed by atoms with van der Waals surface area (Å²) < 4.78 is 0. The number of hydrogen-bond acceptors (Lipinski definition) is 4. The van der Waals surface area contributed by atoms with Crippen LogP contribution in [-0.2, 0) is 6.42 Å². The van der Waals surface area contributed by atoms with Gasteiger partial charge in [-0.1, -0.05) is 0 Å². The summed E-state index contributed by atoms with van der Waals surface area (Å²) in [7, 11) is 0. The molecule has 0 fully saturated rings. The van der Waals surface area contributed by atoms with E-state index < -0.39 is 0 Å². The molecule has 0 aliphatic rings. The van der Waals surface area contributed by atoms with E-state index in [4.69, 9.17) is 5.84 Å². The van der Waals surface area contributed by atoms with Crippen molar-refractivity contribution in [3.05, 3.63) is 22.4 Å². The van der Waals surface area contributed by atoms with E-state index in [-0.39, 0.29) is 0 Å². The van der Waals surface area contributed by atoms with Crippen LogP contribution in [0.2, 0.25) is 0 Å². The normalized spacial score (nSPS) is 13.2. The van der Waals surface area contributed by atoms with Gasteiger partial charge in [-0.25, -0.2) is 0 Å². The van der Waals surface area contributed by atoms with E-state index in [0.717, 1.165) is 12.2 Å². The molecule has 1 heterocycles. The predicted molar refractivity (Wildman–Crippen MR) is 57.5 cm³/mol. The fourth-order valence-electron chi connectivity index (χ4n) is 1.06. The highest BCUT2D eigenvalue weighted by Crippen LogP contribution is 2.10. The average Bonchev–Trinajstić information content (AvgIpc) is 2.56. The lowest BCUT2D eigenvalue weighted by atomic mass is 10.1. The van der Waals surface area contributed by atoms with Crippen LogP contribution in [0.3, 0.4) is 0 Å². The minimum absolute atomic E-state index is 0.398. The Morgan fingerprint density at radius 2 is 2.58 bits per heavy atom. The Balaban J connectivity index is 2.37. The maximum atomic E-state index is 5.42. The first-order valence-electron chi connectivity index (χ1n) is 3.83. The lowest BCUT2D eigenvalue weighted by Crippen LogP contribution is -2.38. The minimum Gasteiger partial charge on any atom is -0.271 e. The van der Waals surface area contributed by atoms with Crippen molar-refractivity contribution in [3.63, 3.8) is 0 Å². The molecule has 4 heteroatoms. The number of thiophene rings is 1. The molecule has 0 radical (unpaired) electrons. The van der Waals surface area contributed by atoms with Gasteiger partial charge in [-0.05, 0) is 35.1 Å². The van der Waals surface area contributed by atoms with E-state index in [1.807, 2.05) is 11.8 Å². The first kappa shape index (κ1) is 10.1. The molecule has 0 bridgehead atoms. The molecule has 0 aromatic carbocycles. The van der Waals surface area contributed by atoms with Crippen molar-refractivity contribution >= 4 is 23.1 Å². The van der Waals surface area contributed by atoms with E-state index in [0.29, 0.717) is 6.04 Å². The molecule has 0 saturated carbocycles. The molecule has 1 atom stereocenters. The molecule has 68 valence electrons. The minimum atomic E-state index is 0.398. The largest absolute Gasteiger partial charge is 0.271 e. The summed E-state index contributed by atoms with van der Waals surface area (Å²) in [6, 6.07) is 2.55. The Morgan fingerprint density at radius 3 is 3.08 bits per heavy atom. The third-order valence-electron chi connectivity index (χ3n) is 1.67. The van der Waals surface area contributed by atoms with Crippen molar-refractivity contribution in [2.45, 2.75) is 12.5 Å². The highest BCUT2D eigenvalue weighted by molar-refractivity contribution is 7.98. The van der Waals surface area contributed by atoms with Crippen LogP contribution in [0, 0.1) is 0 Å². The molecule has 0 spiro atoms. The van der Waals surface area contributed by atoms with E-state index in [2.05, 4.69) is 28.5 Å². The fraction of sp³-hybridized carbons (Fsp3) is 0.500. The van der Waals surface area contributed by atoms with Crippen LogP contribution < -0.4 is 11.3 Å². The van der Waals surface area contributed by atoms with Crippen molar-refractivity contribution in [2.24, 2.45) is 5.84 Å². The topological polar surface area (TPSA) is 38.0 Å². The predicted octanol–water partition coefficient (Wildman–Crippen LogP) is 1.49. The molecule has 0 amide bonds. The fourth-order valence-corrected chi connectivity index (χ4v) is 2.36. The lowest BCUT2D eigenvalue weighted by molar-refractivity contribution is 0.576. The summed E-state index contributed by atoms with van der Waals surface area (Å²) in [5.41, 5.74) is 4.20. The highest BCUT2D eigenvalue weighted by Gasteiger charge is 2.06. The van der Waals surface area contributed by atoms with E-state index >= 15 is 0 Å². The summed E-state index contributed by atoms with van der Waals surface area (Å²) in [6.45, 7) is 0. The summed E-state index contributed by atoms with van der Waals surface area (Å²) in [5.74, 6) is 6.48. The second-order valence-corrected chi connectivity index (χ2v) is 4.35. The number of hydrogen-bond donors (Lipinski definition) is 2. The van der Waals surface area contributed by atoms with Gasteiger partial charge in [0.2, 0.25) is 0 Å². The van der Waals surface area contributed by atoms with Gasteiger partial charge in [-0.2, -0.15) is 23.1 Å². The van der Waals surface area contributed by atoms with Crippen LogP contribution in [0.15, 0.2) is 16.8 Å². The zero-order valence-corrected chi connectivity index (χ0v) is 8.75. The van der Waals surface area contributed by atoms with Crippen molar-refractivity contribution in [1.29, 1.82) is 0 Å². The van der Waals surface area contributed by atoms with Crippen LogP contribution in [0.1, 0.15) is 5.56 Å². The Kier molecular flexibility index (Phi) is 4.68. The van der Waals surface area contributed by atoms with Crippen molar-refractivity contribution < 1.29 is 0 Å². The first-order chi connectivity index (χ1) is 5.86. The molecule has 1 aromatic rings. The van der Waals surface area contributed by atoms with Crippen molar-refractivity contribution in [3.8, 4) is 0 Å². The van der Waals surface area contributed by atoms with Gasteiger partial charge in [0, 0.05) is 11.8 Å². The van der Waals surface area contributed by atoms with E-state index in [9.17, 15) is 0 Å². The molecule has 1 rings (SSSR count). The third-order valence-corrected chi connectivity index (χ3v) is 3.13. The molecule has 2 nitrogen and oxygen atoms in total. The standard InChI is InChI=1S/C8H14N2S2/c1-11-6-8(10-9)4-7-2-3-12-5-7/h2-3,5,8,10H,4,6,9H2,1H3. The first-order valence-corrected chi connectivity index (χ1v) is 6.16. The number of rotatable bonds is 5. The molecular formula is C8H14N2S2. The maximum Gasteiger partial charge on any atom is 0.0341 e. The van der Waals surface area contributed by atoms with Gasteiger partial charge in [0.15, 0.2) is 0 Å². The molecule has 12 heavy (non-hydrogen) atoms. The molecule has 0 aliphatic carbocycles. The average molecular weight is 202 g/mol. The summed E-state index contributed by atoms with van der Waals surface area (Å²) in [5, 5.41) is 4.27. The monoisotopic (exact) mass is 202 g/mol. The number of thioether (sulfide) groups is 1. The van der Waals surface area contributed by atoms with Gasteiger partial charge in [0.05, 0.1) is 0 Å². The van der Waals surface area contributed by atoms with Crippen molar-refractivity contribution in [1.82, 2.24) is 5.43 Å². The molecule has 1 aromatic heterocycles. The summed E-state index contributed by atoms with van der Waals surface area (Å²) in [4.78, 5) is 0. The van der Waals surface area contributed by atoms with Gasteiger partial charge in [-0.15, -0.1) is 0 Å². The van der Waals surface area contributed by atoms with Crippen LogP contribution in [0.5, 0.6) is 0 Å². The Morgan fingerprint density at radius 1 is 1.75 bits per heavy atom. The van der Waals surface area contributed by atoms with Gasteiger partial charge in [0.25, 0.3) is 0 Å². The Hall–Kier alpha value is -0.0300. The van der Waals surface area contributed by atoms with E-state index in [1.54, 1.807) is 11.3 Å². The molecular weight excluding hydrogens is 188 g/mol. The van der Waals surface area contributed by atoms with Crippen LogP contribution in [0.25, 0.3) is 0 Å². The highest BCUT2D eigenvalue weighted by atomic mass is 32.2. The second kappa shape index (κ2) is 5.59.